The van der Waals surface area contributed by atoms with Crippen molar-refractivity contribution in [3.05, 3.63) is 18.0 Å². The summed E-state index contributed by atoms with van der Waals surface area (Å²) in [5.74, 6) is 0.824. The number of piperidine rings is 1. The molecule has 0 amide bonds. The SMILES string of the molecule is CCN1CCC(C(C)NCc2cn[nH]c2)CC1. The molecule has 0 bridgehead atoms. The highest BCUT2D eigenvalue weighted by molar-refractivity contribution is 5.01. The van der Waals surface area contributed by atoms with Crippen molar-refractivity contribution in [2.45, 2.75) is 39.3 Å². The molecule has 17 heavy (non-hydrogen) atoms. The molecule has 2 N–H and O–H groups in total. The summed E-state index contributed by atoms with van der Waals surface area (Å²) in [6.45, 7) is 9.21. The van der Waals surface area contributed by atoms with E-state index in [1.807, 2.05) is 12.4 Å². The van der Waals surface area contributed by atoms with E-state index in [0.717, 1.165) is 12.5 Å². The minimum absolute atomic E-state index is 0.601. The molecule has 1 saturated heterocycles. The van der Waals surface area contributed by atoms with E-state index in [4.69, 9.17) is 0 Å². The van der Waals surface area contributed by atoms with Crippen LogP contribution in [0.2, 0.25) is 0 Å². The molecule has 96 valence electrons. The van der Waals surface area contributed by atoms with Crippen LogP contribution >= 0.6 is 0 Å². The number of rotatable bonds is 5. The Morgan fingerprint density at radius 3 is 2.88 bits per heavy atom. The summed E-state index contributed by atoms with van der Waals surface area (Å²) in [5.41, 5.74) is 1.24. The molecular weight excluding hydrogens is 212 g/mol. The molecule has 1 unspecified atom stereocenters. The van der Waals surface area contributed by atoms with Gasteiger partial charge in [0, 0.05) is 24.3 Å². The van der Waals surface area contributed by atoms with Gasteiger partial charge in [-0.15, -0.1) is 0 Å². The van der Waals surface area contributed by atoms with E-state index in [2.05, 4.69) is 34.3 Å². The van der Waals surface area contributed by atoms with Crippen LogP contribution in [0.15, 0.2) is 12.4 Å². The first-order chi connectivity index (χ1) is 8.29. The lowest BCUT2D eigenvalue weighted by Crippen LogP contribution is -2.41. The van der Waals surface area contributed by atoms with Crippen molar-refractivity contribution in [2.75, 3.05) is 19.6 Å². The molecule has 0 radical (unpaired) electrons. The highest BCUT2D eigenvalue weighted by Gasteiger charge is 2.22. The van der Waals surface area contributed by atoms with Crippen LogP contribution in [-0.2, 0) is 6.54 Å². The average Bonchev–Trinajstić information content (AvgIpc) is 2.89. The Bertz CT molecular complexity index is 301. The summed E-state index contributed by atoms with van der Waals surface area (Å²) in [6.07, 6.45) is 6.50. The van der Waals surface area contributed by atoms with Gasteiger partial charge < -0.3 is 10.2 Å². The summed E-state index contributed by atoms with van der Waals surface area (Å²) in [7, 11) is 0. The molecule has 0 spiro atoms. The van der Waals surface area contributed by atoms with E-state index in [1.54, 1.807) is 0 Å². The van der Waals surface area contributed by atoms with Crippen LogP contribution in [0, 0.1) is 5.92 Å². The van der Waals surface area contributed by atoms with Gasteiger partial charge in [-0.2, -0.15) is 5.10 Å². The van der Waals surface area contributed by atoms with Gasteiger partial charge in [0.05, 0.1) is 6.20 Å². The fraction of sp³-hybridized carbons (Fsp3) is 0.769. The predicted molar refractivity (Wildman–Crippen MR) is 69.7 cm³/mol. The first-order valence-electron chi connectivity index (χ1n) is 6.73. The van der Waals surface area contributed by atoms with Gasteiger partial charge in [0.25, 0.3) is 0 Å². The van der Waals surface area contributed by atoms with Gasteiger partial charge in [0.2, 0.25) is 0 Å². The fourth-order valence-electron chi connectivity index (χ4n) is 2.59. The van der Waals surface area contributed by atoms with Crippen LogP contribution in [0.4, 0.5) is 0 Å². The maximum atomic E-state index is 3.96. The Morgan fingerprint density at radius 2 is 2.29 bits per heavy atom. The first kappa shape index (κ1) is 12.6. The summed E-state index contributed by atoms with van der Waals surface area (Å²) < 4.78 is 0. The molecule has 1 aliphatic rings. The third-order valence-electron chi connectivity index (χ3n) is 3.97. The Kier molecular flexibility index (Phi) is 4.57. The lowest BCUT2D eigenvalue weighted by molar-refractivity contribution is 0.168. The highest BCUT2D eigenvalue weighted by Crippen LogP contribution is 2.20. The van der Waals surface area contributed by atoms with Crippen molar-refractivity contribution >= 4 is 0 Å². The number of hydrogen-bond acceptors (Lipinski definition) is 3. The van der Waals surface area contributed by atoms with Crippen molar-refractivity contribution in [2.24, 2.45) is 5.92 Å². The Balaban J connectivity index is 1.71. The smallest absolute Gasteiger partial charge is 0.0532 e. The monoisotopic (exact) mass is 236 g/mol. The van der Waals surface area contributed by atoms with Gasteiger partial charge in [-0.25, -0.2) is 0 Å². The third kappa shape index (κ3) is 3.54. The van der Waals surface area contributed by atoms with E-state index < -0.39 is 0 Å². The number of H-pyrrole nitrogens is 1. The Morgan fingerprint density at radius 1 is 1.53 bits per heavy atom. The van der Waals surface area contributed by atoms with Crippen molar-refractivity contribution in [1.82, 2.24) is 20.4 Å². The van der Waals surface area contributed by atoms with E-state index in [9.17, 15) is 0 Å². The van der Waals surface area contributed by atoms with Gasteiger partial charge >= 0.3 is 0 Å². The van der Waals surface area contributed by atoms with Crippen molar-refractivity contribution in [3.8, 4) is 0 Å². The minimum Gasteiger partial charge on any atom is -0.310 e. The second-order valence-electron chi connectivity index (χ2n) is 5.05. The van der Waals surface area contributed by atoms with Gasteiger partial charge in [-0.1, -0.05) is 6.92 Å². The quantitative estimate of drug-likeness (QED) is 0.816. The first-order valence-corrected chi connectivity index (χ1v) is 6.73. The van der Waals surface area contributed by atoms with Crippen LogP contribution in [0.5, 0.6) is 0 Å². The number of hydrogen-bond donors (Lipinski definition) is 2. The zero-order chi connectivity index (χ0) is 12.1. The lowest BCUT2D eigenvalue weighted by atomic mass is 9.90. The second-order valence-corrected chi connectivity index (χ2v) is 5.05. The highest BCUT2D eigenvalue weighted by atomic mass is 15.1. The molecule has 2 heterocycles. The number of nitrogens with one attached hydrogen (secondary N) is 2. The molecule has 4 heteroatoms. The molecule has 1 fully saturated rings. The third-order valence-corrected chi connectivity index (χ3v) is 3.97. The number of likely N-dealkylation sites (tertiary alicyclic amines) is 1. The van der Waals surface area contributed by atoms with Crippen LogP contribution in [0.3, 0.4) is 0 Å². The minimum atomic E-state index is 0.601. The molecule has 0 aliphatic carbocycles. The van der Waals surface area contributed by atoms with Crippen molar-refractivity contribution < 1.29 is 0 Å². The van der Waals surface area contributed by atoms with Crippen LogP contribution in [0.1, 0.15) is 32.3 Å². The zero-order valence-electron chi connectivity index (χ0n) is 10.9. The average molecular weight is 236 g/mol. The van der Waals surface area contributed by atoms with E-state index in [-0.39, 0.29) is 0 Å². The summed E-state index contributed by atoms with van der Waals surface area (Å²) in [6, 6.07) is 0.601. The number of nitrogens with zero attached hydrogens (tertiary/aromatic N) is 2. The maximum Gasteiger partial charge on any atom is 0.0532 e. The van der Waals surface area contributed by atoms with E-state index in [1.165, 1.54) is 38.0 Å². The molecular formula is C13H24N4. The molecule has 0 saturated carbocycles. The molecule has 1 aromatic rings. The predicted octanol–water partition coefficient (Wildman–Crippen LogP) is 1.62. The van der Waals surface area contributed by atoms with Crippen LogP contribution in [-0.4, -0.2) is 40.8 Å². The summed E-state index contributed by atoms with van der Waals surface area (Å²) in [5, 5.41) is 10.4. The van der Waals surface area contributed by atoms with Crippen molar-refractivity contribution in [3.63, 3.8) is 0 Å². The van der Waals surface area contributed by atoms with E-state index >= 15 is 0 Å². The van der Waals surface area contributed by atoms with E-state index in [0.29, 0.717) is 6.04 Å². The van der Waals surface area contributed by atoms with Gasteiger partial charge in [0.15, 0.2) is 0 Å². The number of aromatic amines is 1. The molecule has 1 aliphatic heterocycles. The summed E-state index contributed by atoms with van der Waals surface area (Å²) in [4.78, 5) is 2.54. The normalized spacial score (nSPS) is 20.6. The largest absolute Gasteiger partial charge is 0.310 e. The van der Waals surface area contributed by atoms with Crippen LogP contribution in [0.25, 0.3) is 0 Å². The Labute approximate surface area is 104 Å². The lowest BCUT2D eigenvalue weighted by Gasteiger charge is -2.34. The maximum absolute atomic E-state index is 3.96. The van der Waals surface area contributed by atoms with Crippen LogP contribution < -0.4 is 5.32 Å². The molecule has 0 aromatic carbocycles. The zero-order valence-corrected chi connectivity index (χ0v) is 10.9. The second kappa shape index (κ2) is 6.17. The van der Waals surface area contributed by atoms with Crippen molar-refractivity contribution in [1.29, 1.82) is 0 Å². The Hall–Kier alpha value is -0.870. The topological polar surface area (TPSA) is 44.0 Å². The molecule has 1 atom stereocenters. The summed E-state index contributed by atoms with van der Waals surface area (Å²) >= 11 is 0. The van der Waals surface area contributed by atoms with Gasteiger partial charge in [0.1, 0.15) is 0 Å². The van der Waals surface area contributed by atoms with Gasteiger partial charge in [-0.05, 0) is 45.3 Å². The standard InChI is InChI=1S/C13H24N4/c1-3-17-6-4-13(5-7-17)11(2)14-8-12-9-15-16-10-12/h9-11,13-14H,3-8H2,1-2H3,(H,15,16). The van der Waals surface area contributed by atoms with Gasteiger partial charge in [-0.3, -0.25) is 5.10 Å². The molecule has 2 rings (SSSR count). The molecule has 1 aromatic heterocycles. The fourth-order valence-corrected chi connectivity index (χ4v) is 2.59. The number of aromatic nitrogens is 2. The molecule has 4 nitrogen and oxygen atoms in total.